The van der Waals surface area contributed by atoms with Crippen LogP contribution in [0.1, 0.15) is 18.9 Å². The van der Waals surface area contributed by atoms with Crippen molar-refractivity contribution in [1.82, 2.24) is 4.31 Å². The third-order valence-electron chi connectivity index (χ3n) is 3.43. The van der Waals surface area contributed by atoms with Gasteiger partial charge in [0, 0.05) is 13.1 Å². The molecule has 0 aromatic heterocycles. The average molecular weight is 333 g/mol. The van der Waals surface area contributed by atoms with E-state index in [0.29, 0.717) is 5.56 Å². The summed E-state index contributed by atoms with van der Waals surface area (Å²) in [4.78, 5) is 0.126. The molecule has 1 unspecified atom stereocenters. The van der Waals surface area contributed by atoms with Crippen molar-refractivity contribution < 1.29 is 18.3 Å². The van der Waals surface area contributed by atoms with Gasteiger partial charge in [0.25, 0.3) is 0 Å². The van der Waals surface area contributed by atoms with Crippen LogP contribution in [-0.4, -0.2) is 50.0 Å². The number of sulfonamides is 1. The third kappa shape index (κ3) is 4.35. The van der Waals surface area contributed by atoms with Crippen LogP contribution >= 0.6 is 11.8 Å². The first-order valence-corrected chi connectivity index (χ1v) is 9.46. The summed E-state index contributed by atoms with van der Waals surface area (Å²) in [7, 11) is -0.613. The molecule has 0 amide bonds. The van der Waals surface area contributed by atoms with Crippen LogP contribution in [0.15, 0.2) is 23.1 Å². The Bertz CT molecular complexity index is 560. The largest absolute Gasteiger partial charge is 0.495 e. The summed E-state index contributed by atoms with van der Waals surface area (Å²) in [5, 5.41) is 9.13. The van der Waals surface area contributed by atoms with E-state index >= 15 is 0 Å². The van der Waals surface area contributed by atoms with Gasteiger partial charge >= 0.3 is 0 Å². The predicted molar refractivity (Wildman–Crippen MR) is 86.3 cm³/mol. The highest BCUT2D eigenvalue weighted by Crippen LogP contribution is 2.28. The zero-order valence-electron chi connectivity index (χ0n) is 12.9. The quantitative estimate of drug-likeness (QED) is 0.787. The van der Waals surface area contributed by atoms with E-state index < -0.39 is 10.0 Å². The van der Waals surface area contributed by atoms with Crippen molar-refractivity contribution in [3.05, 3.63) is 23.8 Å². The summed E-state index contributed by atoms with van der Waals surface area (Å²) >= 11 is 1.69. The summed E-state index contributed by atoms with van der Waals surface area (Å²) < 4.78 is 31.9. The van der Waals surface area contributed by atoms with Gasteiger partial charge in [-0.25, -0.2) is 8.42 Å². The van der Waals surface area contributed by atoms with Crippen LogP contribution in [0.3, 0.4) is 0 Å². The molecule has 0 fully saturated rings. The van der Waals surface area contributed by atoms with E-state index in [0.717, 1.165) is 12.2 Å². The van der Waals surface area contributed by atoms with Gasteiger partial charge in [-0.05, 0) is 43.0 Å². The van der Waals surface area contributed by atoms with Crippen molar-refractivity contribution in [2.45, 2.75) is 30.9 Å². The second kappa shape index (κ2) is 8.03. The SMILES string of the molecule is COc1cc(CO)ccc1S(=O)(=O)N(C)C(C)CCSC. The highest BCUT2D eigenvalue weighted by molar-refractivity contribution is 7.98. The van der Waals surface area contributed by atoms with Crippen molar-refractivity contribution in [3.8, 4) is 5.75 Å². The molecule has 0 saturated heterocycles. The maximum absolute atomic E-state index is 12.7. The van der Waals surface area contributed by atoms with E-state index in [2.05, 4.69) is 0 Å². The van der Waals surface area contributed by atoms with Crippen LogP contribution in [-0.2, 0) is 16.6 Å². The predicted octanol–water partition coefficient (Wildman–Crippen LogP) is 1.95. The molecule has 1 atom stereocenters. The Morgan fingerprint density at radius 1 is 1.43 bits per heavy atom. The summed E-state index contributed by atoms with van der Waals surface area (Å²) in [5.74, 6) is 1.16. The first-order valence-electron chi connectivity index (χ1n) is 6.63. The molecule has 1 rings (SSSR count). The van der Waals surface area contributed by atoms with Crippen molar-refractivity contribution in [2.24, 2.45) is 0 Å². The van der Waals surface area contributed by atoms with Gasteiger partial charge in [0.2, 0.25) is 10.0 Å². The zero-order chi connectivity index (χ0) is 16.0. The molecule has 5 nitrogen and oxygen atoms in total. The molecule has 0 aliphatic carbocycles. The lowest BCUT2D eigenvalue weighted by atomic mass is 10.2. The number of rotatable bonds is 8. The number of aliphatic hydroxyl groups is 1. The second-order valence-corrected chi connectivity index (χ2v) is 7.75. The number of thioether (sulfide) groups is 1. The molecule has 0 aliphatic rings. The maximum Gasteiger partial charge on any atom is 0.246 e. The summed E-state index contributed by atoms with van der Waals surface area (Å²) in [6.07, 6.45) is 2.78. The van der Waals surface area contributed by atoms with E-state index in [9.17, 15) is 8.42 Å². The highest BCUT2D eigenvalue weighted by Gasteiger charge is 2.28. The molecular weight excluding hydrogens is 310 g/mol. The van der Waals surface area contributed by atoms with E-state index in [1.54, 1.807) is 30.9 Å². The number of benzene rings is 1. The molecule has 1 aromatic carbocycles. The number of aliphatic hydroxyl groups excluding tert-OH is 1. The van der Waals surface area contributed by atoms with E-state index in [4.69, 9.17) is 9.84 Å². The molecule has 1 aromatic rings. The Kier molecular flexibility index (Phi) is 6.99. The number of hydrogen-bond acceptors (Lipinski definition) is 5. The Hall–Kier alpha value is -0.760. The fourth-order valence-corrected chi connectivity index (χ4v) is 3.99. The first-order chi connectivity index (χ1) is 9.88. The molecule has 21 heavy (non-hydrogen) atoms. The topological polar surface area (TPSA) is 66.8 Å². The molecule has 0 bridgehead atoms. The molecule has 0 aliphatic heterocycles. The van der Waals surface area contributed by atoms with Gasteiger partial charge in [-0.2, -0.15) is 16.1 Å². The Labute approximate surface area is 131 Å². The van der Waals surface area contributed by atoms with Gasteiger partial charge in [-0.3, -0.25) is 0 Å². The van der Waals surface area contributed by atoms with Crippen LogP contribution in [0.5, 0.6) is 5.75 Å². The molecule has 0 saturated carbocycles. The Balaban J connectivity index is 3.12. The van der Waals surface area contributed by atoms with Crippen LogP contribution in [0.2, 0.25) is 0 Å². The summed E-state index contributed by atoms with van der Waals surface area (Å²) in [6.45, 7) is 1.74. The van der Waals surface area contributed by atoms with Gasteiger partial charge in [0.15, 0.2) is 0 Å². The molecular formula is C14H23NO4S2. The van der Waals surface area contributed by atoms with Crippen molar-refractivity contribution in [2.75, 3.05) is 26.2 Å². The third-order valence-corrected chi connectivity index (χ3v) is 6.08. The van der Waals surface area contributed by atoms with Gasteiger partial charge in [0.1, 0.15) is 10.6 Å². The number of ether oxygens (including phenoxy) is 1. The maximum atomic E-state index is 12.7. The normalized spacial score (nSPS) is 13.4. The van der Waals surface area contributed by atoms with E-state index in [1.165, 1.54) is 17.5 Å². The zero-order valence-corrected chi connectivity index (χ0v) is 14.5. The van der Waals surface area contributed by atoms with Gasteiger partial charge in [-0.15, -0.1) is 0 Å². The minimum absolute atomic E-state index is 0.0929. The van der Waals surface area contributed by atoms with Crippen LogP contribution < -0.4 is 4.74 Å². The van der Waals surface area contributed by atoms with E-state index in [1.807, 2.05) is 13.2 Å². The van der Waals surface area contributed by atoms with Crippen LogP contribution in [0, 0.1) is 0 Å². The fraction of sp³-hybridized carbons (Fsp3) is 0.571. The fourth-order valence-electron chi connectivity index (χ4n) is 1.89. The summed E-state index contributed by atoms with van der Waals surface area (Å²) in [6, 6.07) is 4.53. The van der Waals surface area contributed by atoms with E-state index in [-0.39, 0.29) is 23.3 Å². The van der Waals surface area contributed by atoms with Crippen molar-refractivity contribution in [3.63, 3.8) is 0 Å². The number of nitrogens with zero attached hydrogens (tertiary/aromatic N) is 1. The molecule has 1 N–H and O–H groups in total. The molecule has 0 heterocycles. The molecule has 7 heteroatoms. The lowest BCUT2D eigenvalue weighted by molar-refractivity contribution is 0.280. The minimum atomic E-state index is -3.62. The minimum Gasteiger partial charge on any atom is -0.495 e. The lowest BCUT2D eigenvalue weighted by Gasteiger charge is -2.25. The Morgan fingerprint density at radius 2 is 2.10 bits per heavy atom. The highest BCUT2D eigenvalue weighted by atomic mass is 32.2. The van der Waals surface area contributed by atoms with Gasteiger partial charge < -0.3 is 9.84 Å². The first kappa shape index (κ1) is 18.3. The lowest BCUT2D eigenvalue weighted by Crippen LogP contribution is -2.35. The smallest absolute Gasteiger partial charge is 0.246 e. The second-order valence-electron chi connectivity index (χ2n) is 4.80. The van der Waals surface area contributed by atoms with Gasteiger partial charge in [0.05, 0.1) is 13.7 Å². The number of hydrogen-bond donors (Lipinski definition) is 1. The molecule has 120 valence electrons. The monoisotopic (exact) mass is 333 g/mol. The van der Waals surface area contributed by atoms with Crippen LogP contribution in [0.4, 0.5) is 0 Å². The van der Waals surface area contributed by atoms with Crippen molar-refractivity contribution in [1.29, 1.82) is 0 Å². The van der Waals surface area contributed by atoms with Gasteiger partial charge in [-0.1, -0.05) is 6.07 Å². The molecule has 0 spiro atoms. The molecule has 0 radical (unpaired) electrons. The number of methoxy groups -OCH3 is 1. The standard InChI is InChI=1S/C14H23NO4S2/c1-11(7-8-20-4)15(2)21(17,18)14-6-5-12(10-16)9-13(14)19-3/h5-6,9,11,16H,7-8,10H2,1-4H3. The van der Waals surface area contributed by atoms with Crippen LogP contribution in [0.25, 0.3) is 0 Å². The summed E-state index contributed by atoms with van der Waals surface area (Å²) in [5.41, 5.74) is 0.615. The average Bonchev–Trinajstić information content (AvgIpc) is 2.50. The Morgan fingerprint density at radius 3 is 2.62 bits per heavy atom. The van der Waals surface area contributed by atoms with Crippen molar-refractivity contribution >= 4 is 21.8 Å².